The van der Waals surface area contributed by atoms with Crippen molar-refractivity contribution in [1.82, 2.24) is 0 Å². The predicted octanol–water partition coefficient (Wildman–Crippen LogP) is 6.07. The Bertz CT molecular complexity index is 533. The maximum atomic E-state index is 12.4. The van der Waals surface area contributed by atoms with E-state index < -0.39 is 0 Å². The predicted molar refractivity (Wildman–Crippen MR) is 104 cm³/mol. The van der Waals surface area contributed by atoms with Crippen molar-refractivity contribution in [2.45, 2.75) is 85.0 Å². The third kappa shape index (κ3) is 8.50. The third-order valence-corrected chi connectivity index (χ3v) is 4.38. The molecule has 1 aromatic carbocycles. The number of unbranched alkanes of at least 4 members (excludes halogenated alkanes) is 4. The number of carbonyl (C=O) groups is 2. The lowest BCUT2D eigenvalue weighted by molar-refractivity contribution is -0.140. The van der Waals surface area contributed by atoms with Gasteiger partial charge in [0, 0.05) is 6.42 Å². The Labute approximate surface area is 158 Å². The van der Waals surface area contributed by atoms with Crippen LogP contribution in [0.15, 0.2) is 24.3 Å². The number of hydrogen-bond donors (Lipinski definition) is 0. The minimum absolute atomic E-state index is 0.104. The van der Waals surface area contributed by atoms with Gasteiger partial charge < -0.3 is 9.47 Å². The molecule has 0 heterocycles. The van der Waals surface area contributed by atoms with Crippen LogP contribution in [0.4, 0.5) is 0 Å². The summed E-state index contributed by atoms with van der Waals surface area (Å²) in [5.74, 6) is 0.0351. The van der Waals surface area contributed by atoms with E-state index in [-0.39, 0.29) is 17.9 Å². The van der Waals surface area contributed by atoms with Gasteiger partial charge in [0.2, 0.25) is 0 Å². The fourth-order valence-electron chi connectivity index (χ4n) is 2.93. The van der Waals surface area contributed by atoms with Crippen molar-refractivity contribution < 1.29 is 19.1 Å². The lowest BCUT2D eigenvalue weighted by Gasteiger charge is -2.16. The Hall–Kier alpha value is -1.84. The van der Waals surface area contributed by atoms with Crippen molar-refractivity contribution in [1.29, 1.82) is 0 Å². The Morgan fingerprint density at radius 1 is 0.808 bits per heavy atom. The van der Waals surface area contributed by atoms with Gasteiger partial charge in [-0.3, -0.25) is 9.59 Å². The average Bonchev–Trinajstić information content (AvgIpc) is 2.63. The molecule has 0 spiro atoms. The summed E-state index contributed by atoms with van der Waals surface area (Å²) in [6.07, 6.45) is 9.28. The molecule has 0 fully saturated rings. The van der Waals surface area contributed by atoms with Crippen LogP contribution in [0.25, 0.3) is 0 Å². The lowest BCUT2D eigenvalue weighted by Crippen LogP contribution is -2.21. The molecule has 0 N–H and O–H groups in total. The number of esters is 2. The molecule has 0 saturated carbocycles. The third-order valence-electron chi connectivity index (χ3n) is 4.38. The Balaban J connectivity index is 2.60. The van der Waals surface area contributed by atoms with Gasteiger partial charge in [-0.2, -0.15) is 0 Å². The van der Waals surface area contributed by atoms with Crippen LogP contribution < -0.4 is 9.47 Å². The summed E-state index contributed by atoms with van der Waals surface area (Å²) >= 11 is 0. The highest BCUT2D eigenvalue weighted by atomic mass is 16.6. The molecule has 0 saturated heterocycles. The number of carbonyl (C=O) groups excluding carboxylic acids is 2. The number of rotatable bonds is 13. The Morgan fingerprint density at radius 2 is 1.38 bits per heavy atom. The van der Waals surface area contributed by atoms with Crippen LogP contribution in [0.1, 0.15) is 85.0 Å². The Morgan fingerprint density at radius 3 is 1.96 bits per heavy atom. The van der Waals surface area contributed by atoms with Gasteiger partial charge in [-0.05, 0) is 31.4 Å². The van der Waals surface area contributed by atoms with E-state index in [0.717, 1.165) is 44.9 Å². The fraction of sp³-hybridized carbons (Fsp3) is 0.636. The van der Waals surface area contributed by atoms with Crippen molar-refractivity contribution in [3.8, 4) is 11.5 Å². The summed E-state index contributed by atoms with van der Waals surface area (Å²) in [5.41, 5.74) is 0. The molecule has 0 bridgehead atoms. The summed E-state index contributed by atoms with van der Waals surface area (Å²) in [4.78, 5) is 24.5. The molecule has 0 aliphatic rings. The molecule has 1 aromatic rings. The van der Waals surface area contributed by atoms with E-state index in [9.17, 15) is 9.59 Å². The largest absolute Gasteiger partial charge is 0.423 e. The van der Waals surface area contributed by atoms with E-state index in [1.807, 2.05) is 0 Å². The van der Waals surface area contributed by atoms with Crippen molar-refractivity contribution >= 4 is 11.9 Å². The Kier molecular flexibility index (Phi) is 11.4. The summed E-state index contributed by atoms with van der Waals surface area (Å²) in [6, 6.07) is 6.90. The molecule has 0 amide bonds. The number of para-hydroxylation sites is 2. The molecule has 26 heavy (non-hydrogen) atoms. The molecule has 1 rings (SSSR count). The van der Waals surface area contributed by atoms with Crippen LogP contribution >= 0.6 is 0 Å². The first-order valence-corrected chi connectivity index (χ1v) is 10.1. The molecule has 146 valence electrons. The van der Waals surface area contributed by atoms with Crippen LogP contribution in [0.2, 0.25) is 0 Å². The topological polar surface area (TPSA) is 52.6 Å². The van der Waals surface area contributed by atoms with Gasteiger partial charge in [0.05, 0.1) is 5.92 Å². The van der Waals surface area contributed by atoms with Gasteiger partial charge in [0.1, 0.15) is 0 Å². The summed E-state index contributed by atoms with van der Waals surface area (Å²) in [7, 11) is 0. The van der Waals surface area contributed by atoms with E-state index in [0.29, 0.717) is 17.9 Å². The molecular weight excluding hydrogens is 328 g/mol. The molecule has 0 aliphatic heterocycles. The highest BCUT2D eigenvalue weighted by Gasteiger charge is 2.21. The lowest BCUT2D eigenvalue weighted by atomic mass is 9.99. The smallest absolute Gasteiger partial charge is 0.314 e. The number of benzene rings is 1. The maximum Gasteiger partial charge on any atom is 0.314 e. The first-order valence-electron chi connectivity index (χ1n) is 10.1. The van der Waals surface area contributed by atoms with E-state index in [1.165, 1.54) is 12.8 Å². The van der Waals surface area contributed by atoms with Crippen LogP contribution in [0, 0.1) is 5.92 Å². The quantitative estimate of drug-likeness (QED) is 0.243. The number of ether oxygens (including phenoxy) is 2. The SMILES string of the molecule is CCCCCCCC(=O)Oc1ccccc1OC(=O)C(CCC)CCC. The molecule has 4 heteroatoms. The highest BCUT2D eigenvalue weighted by Crippen LogP contribution is 2.29. The molecular formula is C22H34O4. The molecule has 0 radical (unpaired) electrons. The van der Waals surface area contributed by atoms with E-state index in [1.54, 1.807) is 24.3 Å². The van der Waals surface area contributed by atoms with Gasteiger partial charge in [-0.25, -0.2) is 0 Å². The van der Waals surface area contributed by atoms with E-state index in [2.05, 4.69) is 20.8 Å². The molecule has 0 unspecified atom stereocenters. The highest BCUT2D eigenvalue weighted by molar-refractivity contribution is 5.77. The van der Waals surface area contributed by atoms with Crippen LogP contribution in [-0.4, -0.2) is 11.9 Å². The zero-order chi connectivity index (χ0) is 19.2. The van der Waals surface area contributed by atoms with Gasteiger partial charge in [0.15, 0.2) is 11.5 Å². The minimum Gasteiger partial charge on any atom is -0.423 e. The van der Waals surface area contributed by atoms with Gasteiger partial charge in [0.25, 0.3) is 0 Å². The maximum absolute atomic E-state index is 12.4. The molecule has 0 aliphatic carbocycles. The minimum atomic E-state index is -0.274. The standard InChI is InChI=1S/C22H34O4/c1-4-7-8-9-10-17-21(23)25-19-15-11-12-16-20(19)26-22(24)18(13-5-2)14-6-3/h11-12,15-16,18H,4-10,13-14,17H2,1-3H3. The fourth-order valence-corrected chi connectivity index (χ4v) is 2.93. The first-order chi connectivity index (χ1) is 12.6. The second kappa shape index (κ2) is 13.4. The van der Waals surface area contributed by atoms with Crippen molar-refractivity contribution in [2.75, 3.05) is 0 Å². The second-order valence-electron chi connectivity index (χ2n) is 6.78. The monoisotopic (exact) mass is 362 g/mol. The molecule has 0 aromatic heterocycles. The number of hydrogen-bond acceptors (Lipinski definition) is 4. The average molecular weight is 363 g/mol. The van der Waals surface area contributed by atoms with E-state index in [4.69, 9.17) is 9.47 Å². The first kappa shape index (κ1) is 22.2. The van der Waals surface area contributed by atoms with Crippen molar-refractivity contribution in [3.63, 3.8) is 0 Å². The zero-order valence-electron chi connectivity index (χ0n) is 16.6. The normalized spacial score (nSPS) is 10.8. The van der Waals surface area contributed by atoms with E-state index >= 15 is 0 Å². The van der Waals surface area contributed by atoms with Gasteiger partial charge in [-0.1, -0.05) is 71.4 Å². The second-order valence-corrected chi connectivity index (χ2v) is 6.78. The summed E-state index contributed by atoms with van der Waals surface area (Å²) in [5, 5.41) is 0. The zero-order valence-corrected chi connectivity index (χ0v) is 16.6. The van der Waals surface area contributed by atoms with Gasteiger partial charge >= 0.3 is 11.9 Å². The van der Waals surface area contributed by atoms with Gasteiger partial charge in [-0.15, -0.1) is 0 Å². The van der Waals surface area contributed by atoms with Crippen LogP contribution in [0.5, 0.6) is 11.5 Å². The van der Waals surface area contributed by atoms with Crippen molar-refractivity contribution in [3.05, 3.63) is 24.3 Å². The molecule has 4 nitrogen and oxygen atoms in total. The van der Waals surface area contributed by atoms with Crippen LogP contribution in [0.3, 0.4) is 0 Å². The summed E-state index contributed by atoms with van der Waals surface area (Å²) < 4.78 is 11.0. The van der Waals surface area contributed by atoms with Crippen LogP contribution in [-0.2, 0) is 9.59 Å². The van der Waals surface area contributed by atoms with Crippen molar-refractivity contribution in [2.24, 2.45) is 5.92 Å². The molecule has 0 atom stereocenters. The summed E-state index contributed by atoms with van der Waals surface area (Å²) in [6.45, 7) is 6.29.